The largest absolute Gasteiger partial charge is 0.323 e. The van der Waals surface area contributed by atoms with Gasteiger partial charge in [0.25, 0.3) is 5.91 Å². The van der Waals surface area contributed by atoms with Gasteiger partial charge in [-0.15, -0.1) is 0 Å². The second-order valence-electron chi connectivity index (χ2n) is 5.14. The van der Waals surface area contributed by atoms with E-state index in [4.69, 9.17) is 11.6 Å². The predicted octanol–water partition coefficient (Wildman–Crippen LogP) is 1.67. The maximum atomic E-state index is 12.5. The van der Waals surface area contributed by atoms with Crippen molar-refractivity contribution in [1.82, 2.24) is 14.7 Å². The maximum absolute atomic E-state index is 12.5. The van der Waals surface area contributed by atoms with Crippen molar-refractivity contribution in [2.24, 2.45) is 0 Å². The summed E-state index contributed by atoms with van der Waals surface area (Å²) in [7, 11) is -2.43. The monoisotopic (exact) mass is 380 g/mol. The number of hydrogen-bond acceptors (Lipinski definition) is 4. The molecule has 10 heteroatoms. The van der Waals surface area contributed by atoms with Crippen molar-refractivity contribution in [3.05, 3.63) is 57.5 Å². The number of carbonyl (C=O) groups excluding carboxylic acids is 1. The number of nitrogens with one attached hydrogen (secondary N) is 4. The van der Waals surface area contributed by atoms with Gasteiger partial charge >= 0.3 is 5.69 Å². The summed E-state index contributed by atoms with van der Waals surface area (Å²) in [5, 5.41) is 2.74. The first kappa shape index (κ1) is 17.2. The summed E-state index contributed by atoms with van der Waals surface area (Å²) in [6, 6.07) is 8.65. The molecule has 1 heterocycles. The first-order valence-corrected chi connectivity index (χ1v) is 8.93. The summed E-state index contributed by atoms with van der Waals surface area (Å²) in [4.78, 5) is 28.8. The molecule has 0 atom stereocenters. The number of aromatic amines is 2. The third-order valence-corrected chi connectivity index (χ3v) is 5.28. The minimum Gasteiger partial charge on any atom is -0.322 e. The van der Waals surface area contributed by atoms with Gasteiger partial charge in [0.05, 0.1) is 26.5 Å². The van der Waals surface area contributed by atoms with Crippen molar-refractivity contribution in [3.63, 3.8) is 0 Å². The van der Waals surface area contributed by atoms with Crippen LogP contribution in [0.15, 0.2) is 46.1 Å². The van der Waals surface area contributed by atoms with Crippen LogP contribution < -0.4 is 15.7 Å². The van der Waals surface area contributed by atoms with Crippen LogP contribution in [0.1, 0.15) is 10.4 Å². The molecule has 0 unspecified atom stereocenters. The summed E-state index contributed by atoms with van der Waals surface area (Å²) in [6.07, 6.45) is 0. The Hall–Kier alpha value is -2.62. The number of anilines is 1. The fraction of sp³-hybridized carbons (Fsp3) is 0.0667. The Balaban J connectivity index is 1.94. The zero-order valence-corrected chi connectivity index (χ0v) is 14.5. The van der Waals surface area contributed by atoms with Crippen LogP contribution in [0.4, 0.5) is 5.69 Å². The lowest BCUT2D eigenvalue weighted by atomic mass is 10.2. The number of imidazole rings is 1. The average molecular weight is 381 g/mol. The molecule has 3 aromatic rings. The van der Waals surface area contributed by atoms with Crippen molar-refractivity contribution in [3.8, 4) is 0 Å². The quantitative estimate of drug-likeness (QED) is 0.549. The number of rotatable bonds is 4. The normalized spacial score (nSPS) is 11.6. The van der Waals surface area contributed by atoms with Crippen molar-refractivity contribution in [1.29, 1.82) is 0 Å². The zero-order chi connectivity index (χ0) is 18.2. The van der Waals surface area contributed by atoms with Gasteiger partial charge in [-0.05, 0) is 43.4 Å². The molecule has 2 aromatic carbocycles. The SMILES string of the molecule is CNS(=O)(=O)c1ccc(Cl)c(C(=O)Nc2ccc3[nH]c(=O)[nH]c3c2)c1. The molecule has 0 bridgehead atoms. The molecular formula is C15H13ClN4O4S. The summed E-state index contributed by atoms with van der Waals surface area (Å²) in [5.41, 5.74) is 1.21. The number of hydrogen-bond donors (Lipinski definition) is 4. The van der Waals surface area contributed by atoms with Crippen molar-refractivity contribution >= 4 is 44.3 Å². The Bertz CT molecular complexity index is 1130. The Morgan fingerprint density at radius 1 is 1.08 bits per heavy atom. The molecule has 0 radical (unpaired) electrons. The lowest BCUT2D eigenvalue weighted by Crippen LogP contribution is -2.20. The highest BCUT2D eigenvalue weighted by Crippen LogP contribution is 2.22. The van der Waals surface area contributed by atoms with Crippen molar-refractivity contribution in [2.75, 3.05) is 12.4 Å². The molecule has 130 valence electrons. The van der Waals surface area contributed by atoms with E-state index >= 15 is 0 Å². The Morgan fingerprint density at radius 2 is 1.80 bits per heavy atom. The maximum Gasteiger partial charge on any atom is 0.323 e. The molecule has 25 heavy (non-hydrogen) atoms. The number of sulfonamides is 1. The number of aromatic nitrogens is 2. The Kier molecular flexibility index (Phi) is 4.38. The number of benzene rings is 2. The number of halogens is 1. The Morgan fingerprint density at radius 3 is 2.52 bits per heavy atom. The highest BCUT2D eigenvalue weighted by atomic mass is 35.5. The lowest BCUT2D eigenvalue weighted by molar-refractivity contribution is 0.102. The topological polar surface area (TPSA) is 124 Å². The van der Waals surface area contributed by atoms with Crippen molar-refractivity contribution < 1.29 is 13.2 Å². The molecule has 0 saturated carbocycles. The molecule has 0 aliphatic rings. The van der Waals surface area contributed by atoms with Gasteiger partial charge in [-0.2, -0.15) is 0 Å². The number of amides is 1. The van der Waals surface area contributed by atoms with Crippen LogP contribution in [0.2, 0.25) is 5.02 Å². The van der Waals surface area contributed by atoms with Gasteiger partial charge in [0.1, 0.15) is 0 Å². The molecule has 0 saturated heterocycles. The molecule has 4 N–H and O–H groups in total. The van der Waals surface area contributed by atoms with Gasteiger partial charge in [0, 0.05) is 5.69 Å². The fourth-order valence-electron chi connectivity index (χ4n) is 2.27. The van der Waals surface area contributed by atoms with Crippen LogP contribution in [0.25, 0.3) is 11.0 Å². The third kappa shape index (κ3) is 3.43. The predicted molar refractivity (Wildman–Crippen MR) is 94.6 cm³/mol. The first-order valence-electron chi connectivity index (χ1n) is 7.06. The van der Waals surface area contributed by atoms with E-state index in [1.165, 1.54) is 25.2 Å². The zero-order valence-electron chi connectivity index (χ0n) is 12.9. The van der Waals surface area contributed by atoms with Gasteiger partial charge in [0.15, 0.2) is 0 Å². The second-order valence-corrected chi connectivity index (χ2v) is 7.44. The van der Waals surface area contributed by atoms with E-state index < -0.39 is 15.9 Å². The minimum atomic E-state index is -3.70. The van der Waals surface area contributed by atoms with E-state index in [1.54, 1.807) is 18.2 Å². The molecule has 3 rings (SSSR count). The average Bonchev–Trinajstić information content (AvgIpc) is 2.94. The fourth-order valence-corrected chi connectivity index (χ4v) is 3.23. The molecule has 1 amide bonds. The minimum absolute atomic E-state index is 0.0145. The molecule has 8 nitrogen and oxygen atoms in total. The van der Waals surface area contributed by atoms with Crippen LogP contribution in [0.5, 0.6) is 0 Å². The van der Waals surface area contributed by atoms with Crippen LogP contribution in [0.3, 0.4) is 0 Å². The van der Waals surface area contributed by atoms with Gasteiger partial charge < -0.3 is 15.3 Å². The number of carbonyl (C=O) groups is 1. The number of H-pyrrole nitrogens is 2. The summed E-state index contributed by atoms with van der Waals surface area (Å²) < 4.78 is 25.9. The van der Waals surface area contributed by atoms with Crippen LogP contribution >= 0.6 is 11.6 Å². The van der Waals surface area contributed by atoms with Crippen LogP contribution in [0, 0.1) is 0 Å². The summed E-state index contributed by atoms with van der Waals surface area (Å²) >= 11 is 6.02. The van der Waals surface area contributed by atoms with Gasteiger partial charge in [0.2, 0.25) is 10.0 Å². The smallest absolute Gasteiger partial charge is 0.322 e. The summed E-state index contributed by atoms with van der Waals surface area (Å²) in [6.45, 7) is 0. The standard InChI is InChI=1S/C15H13ClN4O4S/c1-17-25(23,24)9-3-4-11(16)10(7-9)14(21)18-8-2-5-12-13(6-8)20-15(22)19-12/h2-7,17H,1H3,(H,18,21)(H2,19,20,22). The third-order valence-electron chi connectivity index (χ3n) is 3.54. The molecule has 0 aliphatic carbocycles. The molecule has 0 aliphatic heterocycles. The van der Waals surface area contributed by atoms with Gasteiger partial charge in [-0.25, -0.2) is 17.9 Å². The van der Waals surface area contributed by atoms with E-state index in [-0.39, 0.29) is 21.2 Å². The molecular weight excluding hydrogens is 368 g/mol. The molecule has 0 spiro atoms. The van der Waals surface area contributed by atoms with Crippen LogP contribution in [-0.4, -0.2) is 31.3 Å². The molecule has 1 aromatic heterocycles. The van der Waals surface area contributed by atoms with E-state index in [1.807, 2.05) is 0 Å². The van der Waals surface area contributed by atoms with Crippen molar-refractivity contribution in [2.45, 2.75) is 4.90 Å². The number of fused-ring (bicyclic) bond motifs is 1. The first-order chi connectivity index (χ1) is 11.8. The van der Waals surface area contributed by atoms with E-state index in [0.717, 1.165) is 0 Å². The van der Waals surface area contributed by atoms with E-state index in [2.05, 4.69) is 20.0 Å². The highest BCUT2D eigenvalue weighted by molar-refractivity contribution is 7.89. The lowest BCUT2D eigenvalue weighted by Gasteiger charge is -2.09. The Labute approximate surface area is 147 Å². The second kappa shape index (κ2) is 6.36. The van der Waals surface area contributed by atoms with Gasteiger partial charge in [-0.3, -0.25) is 4.79 Å². The van der Waals surface area contributed by atoms with Gasteiger partial charge in [-0.1, -0.05) is 11.6 Å². The summed E-state index contributed by atoms with van der Waals surface area (Å²) in [5.74, 6) is -0.574. The van der Waals surface area contributed by atoms with E-state index in [0.29, 0.717) is 16.7 Å². The van der Waals surface area contributed by atoms with Crippen LogP contribution in [-0.2, 0) is 10.0 Å². The highest BCUT2D eigenvalue weighted by Gasteiger charge is 2.17. The molecule has 0 fully saturated rings. The van der Waals surface area contributed by atoms with E-state index in [9.17, 15) is 18.0 Å².